The first-order valence-corrected chi connectivity index (χ1v) is 4.28. The fraction of sp³-hybridized carbons (Fsp3) is 0.500. The molecule has 2 heteroatoms. The highest BCUT2D eigenvalue weighted by atomic mass is 16.5. The number of carbonyl (C=O) groups is 1. The van der Waals surface area contributed by atoms with Gasteiger partial charge in [0.1, 0.15) is 5.76 Å². The Kier molecular flexibility index (Phi) is 3.09. The van der Waals surface area contributed by atoms with Crippen molar-refractivity contribution in [3.8, 4) is 0 Å². The Morgan fingerprint density at radius 3 is 2.92 bits per heavy atom. The highest BCUT2D eigenvalue weighted by molar-refractivity contribution is 5.98. The van der Waals surface area contributed by atoms with Crippen LogP contribution in [0.1, 0.15) is 26.2 Å². The van der Waals surface area contributed by atoms with Crippen molar-refractivity contribution in [2.45, 2.75) is 26.2 Å². The van der Waals surface area contributed by atoms with Gasteiger partial charge in [0.05, 0.1) is 6.61 Å². The topological polar surface area (TPSA) is 26.3 Å². The maximum Gasteiger partial charge on any atom is 0.162 e. The summed E-state index contributed by atoms with van der Waals surface area (Å²) in [5.74, 6) is 1.10. The lowest BCUT2D eigenvalue weighted by molar-refractivity contribution is -0.115. The van der Waals surface area contributed by atoms with Crippen LogP contribution >= 0.6 is 0 Å². The van der Waals surface area contributed by atoms with Crippen molar-refractivity contribution < 1.29 is 9.53 Å². The minimum atomic E-state index is 0.221. The maximum atomic E-state index is 11.3. The molecule has 0 aromatic rings. The summed E-state index contributed by atoms with van der Waals surface area (Å²) in [5.41, 5.74) is 0.826. The minimum absolute atomic E-state index is 0.221. The average molecular weight is 166 g/mol. The van der Waals surface area contributed by atoms with Crippen molar-refractivity contribution in [3.63, 3.8) is 0 Å². The van der Waals surface area contributed by atoms with Gasteiger partial charge in [-0.3, -0.25) is 4.79 Å². The first-order chi connectivity index (χ1) is 5.79. The number of carbonyl (C=O) groups excluding carboxylic acids is 1. The molecule has 0 N–H and O–H groups in total. The van der Waals surface area contributed by atoms with Gasteiger partial charge in [0.25, 0.3) is 0 Å². The predicted octanol–water partition coefficient (Wildman–Crippen LogP) is 2.22. The summed E-state index contributed by atoms with van der Waals surface area (Å²) >= 11 is 0. The SMILES string of the molecule is C=CCC1=C(OCC)CCC1=O. The second-order valence-electron chi connectivity index (χ2n) is 2.75. The zero-order valence-corrected chi connectivity index (χ0v) is 7.43. The number of allylic oxidation sites excluding steroid dienone is 3. The summed E-state index contributed by atoms with van der Waals surface area (Å²) in [6.45, 7) is 6.19. The molecule has 1 aliphatic carbocycles. The van der Waals surface area contributed by atoms with E-state index in [0.29, 0.717) is 19.4 Å². The van der Waals surface area contributed by atoms with E-state index in [1.54, 1.807) is 6.08 Å². The molecule has 0 aromatic carbocycles. The zero-order chi connectivity index (χ0) is 8.97. The molecule has 1 aliphatic rings. The lowest BCUT2D eigenvalue weighted by atomic mass is 10.1. The average Bonchev–Trinajstić information content (AvgIpc) is 2.37. The second kappa shape index (κ2) is 4.10. The van der Waals surface area contributed by atoms with E-state index in [1.807, 2.05) is 6.92 Å². The highest BCUT2D eigenvalue weighted by Crippen LogP contribution is 2.26. The minimum Gasteiger partial charge on any atom is -0.498 e. The largest absolute Gasteiger partial charge is 0.498 e. The Labute approximate surface area is 72.9 Å². The quantitative estimate of drug-likeness (QED) is 0.598. The van der Waals surface area contributed by atoms with Gasteiger partial charge in [0.2, 0.25) is 0 Å². The van der Waals surface area contributed by atoms with Crippen molar-refractivity contribution in [2.24, 2.45) is 0 Å². The van der Waals surface area contributed by atoms with Crippen LogP contribution in [0, 0.1) is 0 Å². The number of hydrogen-bond acceptors (Lipinski definition) is 2. The van der Waals surface area contributed by atoms with Crippen LogP contribution in [-0.2, 0) is 9.53 Å². The van der Waals surface area contributed by atoms with Gasteiger partial charge < -0.3 is 4.74 Å². The summed E-state index contributed by atoms with van der Waals surface area (Å²) in [6.07, 6.45) is 3.78. The van der Waals surface area contributed by atoms with Gasteiger partial charge in [-0.15, -0.1) is 6.58 Å². The van der Waals surface area contributed by atoms with Crippen LogP contribution in [0.5, 0.6) is 0 Å². The molecule has 1 rings (SSSR count). The third-order valence-corrected chi connectivity index (χ3v) is 1.92. The van der Waals surface area contributed by atoms with Gasteiger partial charge >= 0.3 is 0 Å². The van der Waals surface area contributed by atoms with Gasteiger partial charge in [-0.2, -0.15) is 0 Å². The van der Waals surface area contributed by atoms with E-state index in [9.17, 15) is 4.79 Å². The molecule has 0 bridgehead atoms. The van der Waals surface area contributed by atoms with E-state index in [0.717, 1.165) is 17.8 Å². The molecule has 12 heavy (non-hydrogen) atoms. The molecule has 0 spiro atoms. The third kappa shape index (κ3) is 1.76. The van der Waals surface area contributed by atoms with Crippen LogP contribution in [0.25, 0.3) is 0 Å². The summed E-state index contributed by atoms with van der Waals surface area (Å²) in [5, 5.41) is 0. The molecule has 66 valence electrons. The molecule has 2 nitrogen and oxygen atoms in total. The number of hydrogen-bond donors (Lipinski definition) is 0. The molecule has 0 aromatic heterocycles. The van der Waals surface area contributed by atoms with E-state index in [-0.39, 0.29) is 5.78 Å². The van der Waals surface area contributed by atoms with E-state index < -0.39 is 0 Å². The van der Waals surface area contributed by atoms with Gasteiger partial charge in [0.15, 0.2) is 5.78 Å². The fourth-order valence-electron chi connectivity index (χ4n) is 1.39. The van der Waals surface area contributed by atoms with Gasteiger partial charge in [-0.05, 0) is 13.3 Å². The predicted molar refractivity (Wildman–Crippen MR) is 47.7 cm³/mol. The number of ketones is 1. The lowest BCUT2D eigenvalue weighted by Crippen LogP contribution is -1.96. The van der Waals surface area contributed by atoms with Crippen molar-refractivity contribution in [3.05, 3.63) is 24.0 Å². The molecular formula is C10H14O2. The fourth-order valence-corrected chi connectivity index (χ4v) is 1.39. The molecule has 0 atom stereocenters. The molecule has 0 amide bonds. The van der Waals surface area contributed by atoms with Crippen molar-refractivity contribution >= 4 is 5.78 Å². The van der Waals surface area contributed by atoms with Gasteiger partial charge in [0, 0.05) is 18.4 Å². The molecular weight excluding hydrogens is 152 g/mol. The molecule has 0 saturated heterocycles. The number of ether oxygens (including phenoxy) is 1. The second-order valence-corrected chi connectivity index (χ2v) is 2.75. The van der Waals surface area contributed by atoms with Crippen LogP contribution < -0.4 is 0 Å². The summed E-state index contributed by atoms with van der Waals surface area (Å²) in [6, 6.07) is 0. The van der Waals surface area contributed by atoms with Crippen molar-refractivity contribution in [1.82, 2.24) is 0 Å². The highest BCUT2D eigenvalue weighted by Gasteiger charge is 2.22. The Morgan fingerprint density at radius 2 is 2.33 bits per heavy atom. The van der Waals surface area contributed by atoms with Crippen LogP contribution in [-0.4, -0.2) is 12.4 Å². The Hall–Kier alpha value is -1.05. The van der Waals surface area contributed by atoms with E-state index >= 15 is 0 Å². The van der Waals surface area contributed by atoms with Crippen LogP contribution in [0.15, 0.2) is 24.0 Å². The summed E-state index contributed by atoms with van der Waals surface area (Å²) in [7, 11) is 0. The van der Waals surface area contributed by atoms with Crippen LogP contribution in [0.3, 0.4) is 0 Å². The first kappa shape index (κ1) is 9.04. The molecule has 0 radical (unpaired) electrons. The first-order valence-electron chi connectivity index (χ1n) is 4.28. The smallest absolute Gasteiger partial charge is 0.162 e. The standard InChI is InChI=1S/C10H14O2/c1-3-5-8-9(11)6-7-10(8)12-4-2/h3H,1,4-7H2,2H3. The number of rotatable bonds is 4. The normalized spacial score (nSPS) is 16.9. The zero-order valence-electron chi connectivity index (χ0n) is 7.43. The summed E-state index contributed by atoms with van der Waals surface area (Å²) < 4.78 is 5.35. The van der Waals surface area contributed by atoms with Crippen molar-refractivity contribution in [2.75, 3.05) is 6.61 Å². The summed E-state index contributed by atoms with van der Waals surface area (Å²) in [4.78, 5) is 11.3. The Bertz CT molecular complexity index is 226. The Balaban J connectivity index is 2.74. The maximum absolute atomic E-state index is 11.3. The number of Topliss-reactive ketones (excluding diaryl/α,β-unsaturated/α-hetero) is 1. The monoisotopic (exact) mass is 166 g/mol. The van der Waals surface area contributed by atoms with E-state index in [1.165, 1.54) is 0 Å². The van der Waals surface area contributed by atoms with Crippen LogP contribution in [0.2, 0.25) is 0 Å². The molecule has 0 saturated carbocycles. The van der Waals surface area contributed by atoms with E-state index in [4.69, 9.17) is 4.74 Å². The van der Waals surface area contributed by atoms with Gasteiger partial charge in [-0.25, -0.2) is 0 Å². The van der Waals surface area contributed by atoms with E-state index in [2.05, 4.69) is 6.58 Å². The van der Waals surface area contributed by atoms with Crippen LogP contribution in [0.4, 0.5) is 0 Å². The lowest BCUT2D eigenvalue weighted by Gasteiger charge is -2.04. The molecule has 0 unspecified atom stereocenters. The van der Waals surface area contributed by atoms with Crippen molar-refractivity contribution in [1.29, 1.82) is 0 Å². The molecule has 0 aliphatic heterocycles. The molecule has 0 fully saturated rings. The Morgan fingerprint density at radius 1 is 1.58 bits per heavy atom. The third-order valence-electron chi connectivity index (χ3n) is 1.92. The molecule has 0 heterocycles. The van der Waals surface area contributed by atoms with Gasteiger partial charge in [-0.1, -0.05) is 6.08 Å².